The Balaban J connectivity index is 2.25. The molecule has 0 spiro atoms. The van der Waals surface area contributed by atoms with Crippen LogP contribution in [0.15, 0.2) is 12.1 Å². The maximum Gasteiger partial charge on any atom is 0.168 e. The Labute approximate surface area is 91.9 Å². The van der Waals surface area contributed by atoms with E-state index in [2.05, 4.69) is 0 Å². The van der Waals surface area contributed by atoms with E-state index in [1.54, 1.807) is 6.07 Å². The van der Waals surface area contributed by atoms with Gasteiger partial charge in [-0.3, -0.25) is 0 Å². The third-order valence-electron chi connectivity index (χ3n) is 2.25. The van der Waals surface area contributed by atoms with E-state index in [0.29, 0.717) is 19.0 Å². The average Bonchev–Trinajstić information content (AvgIpc) is 2.17. The fourth-order valence-corrected chi connectivity index (χ4v) is 1.55. The summed E-state index contributed by atoms with van der Waals surface area (Å²) >= 11 is 5.76. The van der Waals surface area contributed by atoms with Crippen molar-refractivity contribution in [3.63, 3.8) is 0 Å². The molecule has 1 aliphatic rings. The number of hydrogen-bond acceptors (Lipinski definition) is 3. The van der Waals surface area contributed by atoms with Crippen LogP contribution in [-0.2, 0) is 4.74 Å². The lowest BCUT2D eigenvalue weighted by Gasteiger charge is -2.38. The molecule has 5 heteroatoms. The van der Waals surface area contributed by atoms with Gasteiger partial charge in [0.25, 0.3) is 0 Å². The summed E-state index contributed by atoms with van der Waals surface area (Å²) in [6, 6.07) is 2.99. The zero-order valence-corrected chi connectivity index (χ0v) is 8.97. The van der Waals surface area contributed by atoms with Crippen LogP contribution in [0.2, 0.25) is 5.02 Å². The van der Waals surface area contributed by atoms with Gasteiger partial charge >= 0.3 is 0 Å². The van der Waals surface area contributed by atoms with Gasteiger partial charge in [0.15, 0.2) is 11.4 Å². The zero-order chi connectivity index (χ0) is 11.1. The lowest BCUT2D eigenvalue weighted by Crippen LogP contribution is -2.51. The smallest absolute Gasteiger partial charge is 0.168 e. The third kappa shape index (κ3) is 1.87. The van der Waals surface area contributed by atoms with Gasteiger partial charge in [0.2, 0.25) is 0 Å². The SMILES string of the molecule is CC1(Oc2ccc(N)c(F)c2Cl)COC1. The zero-order valence-electron chi connectivity index (χ0n) is 8.22. The minimum Gasteiger partial charge on any atom is -0.481 e. The first-order valence-corrected chi connectivity index (χ1v) is 4.90. The Hall–Kier alpha value is -1.00. The molecule has 0 aliphatic carbocycles. The average molecular weight is 232 g/mol. The molecular formula is C10H11ClFNO2. The van der Waals surface area contributed by atoms with Crippen LogP contribution in [0, 0.1) is 5.82 Å². The maximum absolute atomic E-state index is 13.3. The van der Waals surface area contributed by atoms with Crippen LogP contribution in [0.1, 0.15) is 6.92 Å². The summed E-state index contributed by atoms with van der Waals surface area (Å²) in [5, 5.41) is -0.0804. The molecule has 1 aromatic rings. The van der Waals surface area contributed by atoms with E-state index in [0.717, 1.165) is 0 Å². The molecule has 0 amide bonds. The fraction of sp³-hybridized carbons (Fsp3) is 0.400. The summed E-state index contributed by atoms with van der Waals surface area (Å²) in [5.41, 5.74) is 4.97. The van der Waals surface area contributed by atoms with E-state index in [-0.39, 0.29) is 10.7 Å². The quantitative estimate of drug-likeness (QED) is 0.794. The summed E-state index contributed by atoms with van der Waals surface area (Å²) in [6.45, 7) is 2.84. The van der Waals surface area contributed by atoms with Gasteiger partial charge in [-0.25, -0.2) is 4.39 Å². The van der Waals surface area contributed by atoms with E-state index in [4.69, 9.17) is 26.8 Å². The number of ether oxygens (including phenoxy) is 2. The third-order valence-corrected chi connectivity index (χ3v) is 2.60. The van der Waals surface area contributed by atoms with Crippen molar-refractivity contribution < 1.29 is 13.9 Å². The van der Waals surface area contributed by atoms with Crippen LogP contribution in [0.3, 0.4) is 0 Å². The van der Waals surface area contributed by atoms with Crippen LogP contribution < -0.4 is 10.5 Å². The molecule has 1 aliphatic heterocycles. The molecule has 3 nitrogen and oxygen atoms in total. The van der Waals surface area contributed by atoms with Crippen molar-refractivity contribution in [2.75, 3.05) is 18.9 Å². The van der Waals surface area contributed by atoms with E-state index < -0.39 is 11.4 Å². The molecule has 0 radical (unpaired) electrons. The normalized spacial score (nSPS) is 18.3. The Morgan fingerprint density at radius 2 is 2.20 bits per heavy atom. The van der Waals surface area contributed by atoms with Crippen LogP contribution >= 0.6 is 11.6 Å². The highest BCUT2D eigenvalue weighted by Gasteiger charge is 2.36. The van der Waals surface area contributed by atoms with Crippen molar-refractivity contribution in [2.45, 2.75) is 12.5 Å². The number of benzene rings is 1. The molecular weight excluding hydrogens is 221 g/mol. The summed E-state index contributed by atoms with van der Waals surface area (Å²) in [5.74, 6) is -0.341. The molecule has 15 heavy (non-hydrogen) atoms. The van der Waals surface area contributed by atoms with Crippen molar-refractivity contribution in [2.24, 2.45) is 0 Å². The van der Waals surface area contributed by atoms with E-state index in [1.807, 2.05) is 6.92 Å². The number of anilines is 1. The van der Waals surface area contributed by atoms with Gasteiger partial charge in [-0.1, -0.05) is 11.6 Å². The standard InChI is InChI=1S/C10H11ClFNO2/c1-10(4-14-5-10)15-7-3-2-6(13)9(12)8(7)11/h2-3H,4-5,13H2,1H3. The molecule has 1 fully saturated rings. The predicted molar refractivity (Wildman–Crippen MR) is 55.7 cm³/mol. The first kappa shape index (κ1) is 10.5. The molecule has 1 saturated heterocycles. The Morgan fingerprint density at radius 1 is 1.53 bits per heavy atom. The van der Waals surface area contributed by atoms with Crippen molar-refractivity contribution in [3.05, 3.63) is 23.0 Å². The van der Waals surface area contributed by atoms with Crippen molar-refractivity contribution in [3.8, 4) is 5.75 Å². The summed E-state index contributed by atoms with van der Waals surface area (Å²) in [7, 11) is 0. The molecule has 0 unspecified atom stereocenters. The molecule has 2 N–H and O–H groups in total. The maximum atomic E-state index is 13.3. The molecule has 0 aromatic heterocycles. The topological polar surface area (TPSA) is 44.5 Å². The van der Waals surface area contributed by atoms with Gasteiger partial charge in [-0.2, -0.15) is 0 Å². The highest BCUT2D eigenvalue weighted by molar-refractivity contribution is 6.32. The molecule has 0 atom stereocenters. The van der Waals surface area contributed by atoms with Crippen molar-refractivity contribution >= 4 is 17.3 Å². The second-order valence-corrected chi connectivity index (χ2v) is 4.20. The number of nitrogens with two attached hydrogens (primary N) is 1. The van der Waals surface area contributed by atoms with Crippen molar-refractivity contribution in [1.82, 2.24) is 0 Å². The molecule has 2 rings (SSSR count). The van der Waals surface area contributed by atoms with E-state index >= 15 is 0 Å². The lowest BCUT2D eigenvalue weighted by atomic mass is 10.1. The van der Waals surface area contributed by atoms with Gasteiger partial charge in [0.05, 0.1) is 18.9 Å². The van der Waals surface area contributed by atoms with Gasteiger partial charge in [-0.15, -0.1) is 0 Å². The number of halogens is 2. The summed E-state index contributed by atoms with van der Waals surface area (Å²) in [6.07, 6.45) is 0. The fourth-order valence-electron chi connectivity index (χ4n) is 1.34. The second-order valence-electron chi connectivity index (χ2n) is 3.83. The highest BCUT2D eigenvalue weighted by atomic mass is 35.5. The first-order chi connectivity index (χ1) is 7.02. The van der Waals surface area contributed by atoms with Gasteiger partial charge in [-0.05, 0) is 19.1 Å². The minimum atomic E-state index is -0.641. The number of rotatable bonds is 2. The highest BCUT2D eigenvalue weighted by Crippen LogP contribution is 2.34. The van der Waals surface area contributed by atoms with Gasteiger partial charge < -0.3 is 15.2 Å². The predicted octanol–water partition coefficient (Wildman–Crippen LogP) is 2.23. The van der Waals surface area contributed by atoms with Crippen molar-refractivity contribution in [1.29, 1.82) is 0 Å². The summed E-state index contributed by atoms with van der Waals surface area (Å²) in [4.78, 5) is 0. The van der Waals surface area contributed by atoms with Gasteiger partial charge in [0, 0.05) is 0 Å². The summed E-state index contributed by atoms with van der Waals surface area (Å²) < 4.78 is 23.9. The molecule has 0 bridgehead atoms. The lowest BCUT2D eigenvalue weighted by molar-refractivity contribution is -0.149. The van der Waals surface area contributed by atoms with Crippen LogP contribution in [0.5, 0.6) is 5.75 Å². The molecule has 82 valence electrons. The Morgan fingerprint density at radius 3 is 2.73 bits per heavy atom. The van der Waals surface area contributed by atoms with E-state index in [9.17, 15) is 4.39 Å². The van der Waals surface area contributed by atoms with Gasteiger partial charge in [0.1, 0.15) is 10.8 Å². The minimum absolute atomic E-state index is 0.0161. The number of hydrogen-bond donors (Lipinski definition) is 1. The number of nitrogen functional groups attached to an aromatic ring is 1. The monoisotopic (exact) mass is 231 g/mol. The van der Waals surface area contributed by atoms with E-state index in [1.165, 1.54) is 6.07 Å². The Bertz CT molecular complexity index is 393. The van der Waals surface area contributed by atoms with Crippen LogP contribution in [0.4, 0.5) is 10.1 Å². The molecule has 0 saturated carbocycles. The van der Waals surface area contributed by atoms with Crippen LogP contribution in [-0.4, -0.2) is 18.8 Å². The first-order valence-electron chi connectivity index (χ1n) is 4.52. The molecule has 1 aromatic carbocycles. The van der Waals surface area contributed by atoms with Crippen LogP contribution in [0.25, 0.3) is 0 Å². The molecule has 1 heterocycles. The largest absolute Gasteiger partial charge is 0.481 e. The second kappa shape index (κ2) is 3.54. The Kier molecular flexibility index (Phi) is 2.48.